The van der Waals surface area contributed by atoms with Gasteiger partial charge in [0.05, 0.1) is 11.9 Å². The van der Waals surface area contributed by atoms with Crippen molar-refractivity contribution in [2.24, 2.45) is 5.92 Å². The Labute approximate surface area is 131 Å². The molecule has 0 radical (unpaired) electrons. The van der Waals surface area contributed by atoms with Gasteiger partial charge in [0, 0.05) is 11.4 Å². The number of nitrogens with two attached hydrogens (primary N) is 1. The van der Waals surface area contributed by atoms with Crippen LogP contribution in [0.5, 0.6) is 0 Å². The number of rotatable bonds is 6. The van der Waals surface area contributed by atoms with Crippen molar-refractivity contribution >= 4 is 27.4 Å². The fourth-order valence-corrected chi connectivity index (χ4v) is 3.53. The quantitative estimate of drug-likeness (QED) is 0.883. The van der Waals surface area contributed by atoms with Crippen LogP contribution >= 0.6 is 11.3 Å². The van der Waals surface area contributed by atoms with Crippen LogP contribution in [0, 0.1) is 19.8 Å². The van der Waals surface area contributed by atoms with Gasteiger partial charge in [-0.2, -0.15) is 0 Å². The van der Waals surface area contributed by atoms with Gasteiger partial charge in [0.25, 0.3) is 0 Å². The zero-order valence-corrected chi connectivity index (χ0v) is 14.5. The van der Waals surface area contributed by atoms with E-state index in [0.717, 1.165) is 35.7 Å². The minimum absolute atomic E-state index is 0.622. The van der Waals surface area contributed by atoms with Gasteiger partial charge < -0.3 is 5.73 Å². The lowest BCUT2D eigenvalue weighted by Crippen LogP contribution is -2.28. The summed E-state index contributed by atoms with van der Waals surface area (Å²) in [6.07, 6.45) is 1.20. The predicted octanol–water partition coefficient (Wildman–Crippen LogP) is 3.76. The highest BCUT2D eigenvalue weighted by molar-refractivity contribution is 7.18. The number of hydrogen-bond acceptors (Lipinski definition) is 5. The summed E-state index contributed by atoms with van der Waals surface area (Å²) >= 11 is 1.71. The first-order chi connectivity index (χ1) is 9.96. The highest BCUT2D eigenvalue weighted by atomic mass is 32.1. The maximum absolute atomic E-state index is 6.15. The number of nitrogens with zero attached hydrogens (tertiary/aromatic N) is 3. The van der Waals surface area contributed by atoms with E-state index in [1.165, 1.54) is 16.9 Å². The van der Waals surface area contributed by atoms with Crippen LogP contribution in [0.1, 0.15) is 43.5 Å². The van der Waals surface area contributed by atoms with Crippen molar-refractivity contribution in [1.82, 2.24) is 14.9 Å². The smallest absolute Gasteiger partial charge is 0.146 e. The van der Waals surface area contributed by atoms with Gasteiger partial charge in [-0.05, 0) is 31.9 Å². The van der Waals surface area contributed by atoms with Gasteiger partial charge in [-0.1, -0.05) is 27.2 Å². The molecule has 2 N–H and O–H groups in total. The Morgan fingerprint density at radius 1 is 1.24 bits per heavy atom. The van der Waals surface area contributed by atoms with Crippen LogP contribution in [-0.2, 0) is 6.54 Å². The number of aromatic nitrogens is 2. The molecule has 0 aliphatic rings. The third-order valence-corrected chi connectivity index (χ3v) is 5.28. The van der Waals surface area contributed by atoms with Gasteiger partial charge in [0.1, 0.15) is 16.5 Å². The van der Waals surface area contributed by atoms with Gasteiger partial charge in [-0.3, -0.25) is 4.90 Å². The Hall–Kier alpha value is -1.20. The maximum Gasteiger partial charge on any atom is 0.146 e. The molecule has 21 heavy (non-hydrogen) atoms. The van der Waals surface area contributed by atoms with E-state index < -0.39 is 0 Å². The second kappa shape index (κ2) is 6.71. The monoisotopic (exact) mass is 306 g/mol. The molecule has 5 heteroatoms. The summed E-state index contributed by atoms with van der Waals surface area (Å²) in [7, 11) is 0. The molecule has 0 aliphatic carbocycles. The highest BCUT2D eigenvalue weighted by Gasteiger charge is 2.15. The molecule has 0 aliphatic heterocycles. The van der Waals surface area contributed by atoms with E-state index in [0.29, 0.717) is 11.7 Å². The Kier molecular flexibility index (Phi) is 5.17. The Balaban J connectivity index is 2.26. The standard InChI is InChI=1S/C16H26N4S/c1-6-10(3)8-20(7-2)9-13-18-15(17)14-11(4)12(5)21-16(14)19-13/h10H,6-9H2,1-5H3,(H2,17,18,19). The molecule has 2 rings (SSSR count). The fourth-order valence-electron chi connectivity index (χ4n) is 2.47. The van der Waals surface area contributed by atoms with Crippen molar-refractivity contribution in [3.63, 3.8) is 0 Å². The summed E-state index contributed by atoms with van der Waals surface area (Å²) in [5.41, 5.74) is 7.37. The van der Waals surface area contributed by atoms with Crippen LogP contribution in [0.2, 0.25) is 0 Å². The summed E-state index contributed by atoms with van der Waals surface area (Å²) < 4.78 is 0. The third kappa shape index (κ3) is 3.52. The topological polar surface area (TPSA) is 55.0 Å². The van der Waals surface area contributed by atoms with Crippen molar-refractivity contribution in [3.05, 3.63) is 16.3 Å². The van der Waals surface area contributed by atoms with Gasteiger partial charge >= 0.3 is 0 Å². The molecular weight excluding hydrogens is 280 g/mol. The number of aryl methyl sites for hydroxylation is 2. The van der Waals surface area contributed by atoms with Crippen LogP contribution in [0.3, 0.4) is 0 Å². The largest absolute Gasteiger partial charge is 0.383 e. The van der Waals surface area contributed by atoms with Crippen molar-refractivity contribution in [2.45, 2.75) is 47.6 Å². The summed E-state index contributed by atoms with van der Waals surface area (Å²) in [5, 5.41) is 1.03. The Morgan fingerprint density at radius 2 is 1.95 bits per heavy atom. The first-order valence-corrected chi connectivity index (χ1v) is 8.52. The van der Waals surface area contributed by atoms with E-state index in [1.54, 1.807) is 11.3 Å². The zero-order valence-electron chi connectivity index (χ0n) is 13.7. The lowest BCUT2D eigenvalue weighted by molar-refractivity contribution is 0.233. The van der Waals surface area contributed by atoms with Crippen molar-refractivity contribution in [1.29, 1.82) is 0 Å². The summed E-state index contributed by atoms with van der Waals surface area (Å²) in [6.45, 7) is 13.8. The van der Waals surface area contributed by atoms with Crippen LogP contribution in [0.25, 0.3) is 10.2 Å². The molecule has 2 aromatic rings. The van der Waals surface area contributed by atoms with Gasteiger partial charge in [0.2, 0.25) is 0 Å². The van der Waals surface area contributed by atoms with E-state index in [-0.39, 0.29) is 0 Å². The summed E-state index contributed by atoms with van der Waals surface area (Å²) in [6, 6.07) is 0. The number of anilines is 1. The van der Waals surface area contributed by atoms with Crippen molar-refractivity contribution < 1.29 is 0 Å². The zero-order chi connectivity index (χ0) is 15.6. The van der Waals surface area contributed by atoms with E-state index in [9.17, 15) is 0 Å². The Morgan fingerprint density at radius 3 is 2.57 bits per heavy atom. The molecule has 0 saturated heterocycles. The minimum atomic E-state index is 0.622. The molecule has 0 amide bonds. The van der Waals surface area contributed by atoms with E-state index in [1.807, 2.05) is 0 Å². The molecule has 1 atom stereocenters. The molecule has 0 saturated carbocycles. The first kappa shape index (κ1) is 16.2. The van der Waals surface area contributed by atoms with E-state index in [4.69, 9.17) is 10.7 Å². The van der Waals surface area contributed by atoms with Gasteiger partial charge in [-0.25, -0.2) is 9.97 Å². The molecule has 0 spiro atoms. The van der Waals surface area contributed by atoms with E-state index >= 15 is 0 Å². The lowest BCUT2D eigenvalue weighted by atomic mass is 10.1. The maximum atomic E-state index is 6.15. The fraction of sp³-hybridized carbons (Fsp3) is 0.625. The molecule has 2 heterocycles. The molecule has 4 nitrogen and oxygen atoms in total. The van der Waals surface area contributed by atoms with Crippen LogP contribution in [0.4, 0.5) is 5.82 Å². The third-order valence-electron chi connectivity index (χ3n) is 4.18. The average molecular weight is 306 g/mol. The van der Waals surface area contributed by atoms with Crippen molar-refractivity contribution in [2.75, 3.05) is 18.8 Å². The predicted molar refractivity (Wildman–Crippen MR) is 91.7 cm³/mol. The van der Waals surface area contributed by atoms with Gasteiger partial charge in [0.15, 0.2) is 0 Å². The van der Waals surface area contributed by atoms with Gasteiger partial charge in [-0.15, -0.1) is 11.3 Å². The number of hydrogen-bond donors (Lipinski definition) is 1. The SMILES string of the molecule is CCC(C)CN(CC)Cc1nc(N)c2c(C)c(C)sc2n1. The second-order valence-electron chi connectivity index (χ2n) is 5.83. The summed E-state index contributed by atoms with van der Waals surface area (Å²) in [4.78, 5) is 13.9. The highest BCUT2D eigenvalue weighted by Crippen LogP contribution is 2.31. The number of fused-ring (bicyclic) bond motifs is 1. The number of nitrogen functional groups attached to an aromatic ring is 1. The summed E-state index contributed by atoms with van der Waals surface area (Å²) in [5.74, 6) is 2.15. The normalized spacial score (nSPS) is 13.2. The molecule has 2 aromatic heterocycles. The molecule has 1 unspecified atom stereocenters. The number of thiophene rings is 1. The second-order valence-corrected chi connectivity index (χ2v) is 7.03. The molecule has 116 valence electrons. The first-order valence-electron chi connectivity index (χ1n) is 7.70. The van der Waals surface area contributed by atoms with Crippen LogP contribution in [0.15, 0.2) is 0 Å². The minimum Gasteiger partial charge on any atom is -0.383 e. The molecular formula is C16H26N4S. The Bertz CT molecular complexity index is 620. The molecule has 0 aromatic carbocycles. The molecule has 0 fully saturated rings. The lowest BCUT2D eigenvalue weighted by Gasteiger charge is -2.22. The van der Waals surface area contributed by atoms with Crippen molar-refractivity contribution in [3.8, 4) is 0 Å². The van der Waals surface area contributed by atoms with Crippen LogP contribution in [-0.4, -0.2) is 28.0 Å². The molecule has 0 bridgehead atoms. The average Bonchev–Trinajstić information content (AvgIpc) is 2.73. The van der Waals surface area contributed by atoms with E-state index in [2.05, 4.69) is 44.5 Å². The van der Waals surface area contributed by atoms with Crippen LogP contribution < -0.4 is 5.73 Å².